The van der Waals surface area contributed by atoms with Crippen molar-refractivity contribution in [1.29, 1.82) is 0 Å². The van der Waals surface area contributed by atoms with Crippen LogP contribution in [0.2, 0.25) is 0 Å². The zero-order valence-corrected chi connectivity index (χ0v) is 7.39. The largest absolute Gasteiger partial charge is 0.377 e. The lowest BCUT2D eigenvalue weighted by Crippen LogP contribution is -2.12. The molecule has 0 bridgehead atoms. The maximum atomic E-state index is 11.3. The minimum Gasteiger partial charge on any atom is -0.377 e. The van der Waals surface area contributed by atoms with Crippen molar-refractivity contribution in [2.45, 2.75) is 6.61 Å². The molecule has 2 aromatic rings. The van der Waals surface area contributed by atoms with Gasteiger partial charge in [0.1, 0.15) is 6.61 Å². The predicted molar refractivity (Wildman–Crippen MR) is 46.5 cm³/mol. The van der Waals surface area contributed by atoms with Gasteiger partial charge in [0.15, 0.2) is 11.3 Å². The van der Waals surface area contributed by atoms with Crippen LogP contribution in [0.1, 0.15) is 5.82 Å². The first-order chi connectivity index (χ1) is 6.81. The van der Waals surface area contributed by atoms with Crippen LogP contribution in [-0.4, -0.2) is 32.3 Å². The molecule has 72 valence electrons. The summed E-state index contributed by atoms with van der Waals surface area (Å²) in [5.74, 6) is 0.360. The van der Waals surface area contributed by atoms with Crippen LogP contribution in [-0.2, 0) is 11.3 Å². The van der Waals surface area contributed by atoms with Crippen molar-refractivity contribution >= 4 is 11.2 Å². The molecule has 0 aliphatic carbocycles. The minimum atomic E-state index is -0.331. The Morgan fingerprint density at radius 3 is 3.14 bits per heavy atom. The van der Waals surface area contributed by atoms with Gasteiger partial charge >= 0.3 is 0 Å². The van der Waals surface area contributed by atoms with Gasteiger partial charge in [-0.2, -0.15) is 0 Å². The van der Waals surface area contributed by atoms with E-state index in [0.29, 0.717) is 5.82 Å². The monoisotopic (exact) mass is 193 g/mol. The summed E-state index contributed by atoms with van der Waals surface area (Å²) in [7, 11) is 1.51. The van der Waals surface area contributed by atoms with Gasteiger partial charge in [-0.3, -0.25) is 4.79 Å². The first kappa shape index (κ1) is 8.70. The smallest absolute Gasteiger partial charge is 0.279 e. The second-order valence-corrected chi connectivity index (χ2v) is 2.56. The van der Waals surface area contributed by atoms with Crippen molar-refractivity contribution in [2.75, 3.05) is 7.11 Å². The molecule has 0 radical (unpaired) electrons. The zero-order valence-electron chi connectivity index (χ0n) is 7.39. The van der Waals surface area contributed by atoms with E-state index in [-0.39, 0.29) is 23.3 Å². The zero-order chi connectivity index (χ0) is 9.97. The summed E-state index contributed by atoms with van der Waals surface area (Å²) in [5.41, 5.74) is 0.0745. The Balaban J connectivity index is 2.64. The molecule has 0 aromatic carbocycles. The van der Waals surface area contributed by atoms with Gasteiger partial charge in [0, 0.05) is 7.11 Å². The fraction of sp³-hybridized carbons (Fsp3) is 0.286. The van der Waals surface area contributed by atoms with Gasteiger partial charge in [0.25, 0.3) is 5.56 Å². The molecule has 2 rings (SSSR count). The molecule has 2 heterocycles. The second-order valence-electron chi connectivity index (χ2n) is 2.56. The van der Waals surface area contributed by atoms with Crippen molar-refractivity contribution in [1.82, 2.24) is 25.1 Å². The van der Waals surface area contributed by atoms with Crippen LogP contribution in [0.25, 0.3) is 11.2 Å². The van der Waals surface area contributed by atoms with Crippen molar-refractivity contribution in [3.8, 4) is 0 Å². The van der Waals surface area contributed by atoms with Crippen LogP contribution in [0, 0.1) is 0 Å². The molecule has 0 aliphatic rings. The summed E-state index contributed by atoms with van der Waals surface area (Å²) in [6, 6.07) is 0. The van der Waals surface area contributed by atoms with Crippen LogP contribution in [0.4, 0.5) is 0 Å². The molecule has 7 heteroatoms. The van der Waals surface area contributed by atoms with E-state index in [1.807, 2.05) is 0 Å². The normalized spacial score (nSPS) is 10.6. The summed E-state index contributed by atoms with van der Waals surface area (Å²) in [5, 5.41) is 7.47. The summed E-state index contributed by atoms with van der Waals surface area (Å²) in [6.07, 6.45) is 1.26. The number of H-pyrrole nitrogens is 1. The Morgan fingerprint density at radius 2 is 2.36 bits per heavy atom. The topological polar surface area (TPSA) is 93.7 Å². The molecule has 14 heavy (non-hydrogen) atoms. The third-order valence-corrected chi connectivity index (χ3v) is 1.58. The number of fused-ring (bicyclic) bond motifs is 1. The lowest BCUT2D eigenvalue weighted by atomic mass is 10.5. The van der Waals surface area contributed by atoms with Gasteiger partial charge in [-0.05, 0) is 0 Å². The molecular weight excluding hydrogens is 186 g/mol. The fourth-order valence-corrected chi connectivity index (χ4v) is 1.00. The van der Waals surface area contributed by atoms with E-state index >= 15 is 0 Å². The number of ether oxygens (including phenoxy) is 1. The number of nitrogens with one attached hydrogen (secondary N) is 1. The van der Waals surface area contributed by atoms with Gasteiger partial charge < -0.3 is 9.72 Å². The van der Waals surface area contributed by atoms with Crippen LogP contribution in [0.3, 0.4) is 0 Å². The summed E-state index contributed by atoms with van der Waals surface area (Å²) < 4.78 is 4.82. The Bertz CT molecular complexity index is 509. The Hall–Kier alpha value is -1.89. The first-order valence-corrected chi connectivity index (χ1v) is 3.87. The molecule has 7 nitrogen and oxygen atoms in total. The van der Waals surface area contributed by atoms with Gasteiger partial charge in [0.2, 0.25) is 5.65 Å². The van der Waals surface area contributed by atoms with Crippen LogP contribution < -0.4 is 5.56 Å². The highest BCUT2D eigenvalue weighted by molar-refractivity contribution is 5.66. The maximum absolute atomic E-state index is 11.3. The predicted octanol–water partition coefficient (Wildman–Crippen LogP) is -0.745. The van der Waals surface area contributed by atoms with E-state index in [1.54, 1.807) is 0 Å². The molecule has 0 saturated carbocycles. The average molecular weight is 193 g/mol. The maximum Gasteiger partial charge on any atom is 0.279 e. The summed E-state index contributed by atoms with van der Waals surface area (Å²) in [6.45, 7) is 0.220. The number of hydrogen-bond acceptors (Lipinski definition) is 6. The molecular formula is C7H7N5O2. The number of aromatic amines is 1. The highest BCUT2D eigenvalue weighted by Crippen LogP contribution is 1.97. The van der Waals surface area contributed by atoms with Crippen LogP contribution in [0.15, 0.2) is 11.1 Å². The SMILES string of the molecule is COCc1nnc2nc[nH]c(=O)c2n1. The number of nitrogens with zero attached hydrogens (tertiary/aromatic N) is 4. The lowest BCUT2D eigenvalue weighted by molar-refractivity contribution is 0.177. The van der Waals surface area contributed by atoms with Crippen molar-refractivity contribution in [2.24, 2.45) is 0 Å². The van der Waals surface area contributed by atoms with E-state index in [9.17, 15) is 4.79 Å². The fourth-order valence-electron chi connectivity index (χ4n) is 1.00. The van der Waals surface area contributed by atoms with Crippen molar-refractivity contribution in [3.05, 3.63) is 22.5 Å². The van der Waals surface area contributed by atoms with Crippen LogP contribution in [0.5, 0.6) is 0 Å². The molecule has 2 aromatic heterocycles. The molecule has 0 saturated heterocycles. The van der Waals surface area contributed by atoms with Crippen molar-refractivity contribution in [3.63, 3.8) is 0 Å². The Kier molecular flexibility index (Phi) is 2.15. The Labute approximate surface area is 78.2 Å². The van der Waals surface area contributed by atoms with E-state index in [1.165, 1.54) is 13.4 Å². The average Bonchev–Trinajstić information content (AvgIpc) is 2.20. The van der Waals surface area contributed by atoms with Gasteiger partial charge in [-0.25, -0.2) is 9.97 Å². The molecule has 0 unspecified atom stereocenters. The number of methoxy groups -OCH3 is 1. The highest BCUT2D eigenvalue weighted by Gasteiger charge is 2.04. The van der Waals surface area contributed by atoms with Crippen LogP contribution >= 0.6 is 0 Å². The second kappa shape index (κ2) is 3.46. The first-order valence-electron chi connectivity index (χ1n) is 3.87. The van der Waals surface area contributed by atoms with Gasteiger partial charge in [0.05, 0.1) is 6.33 Å². The quantitative estimate of drug-likeness (QED) is 0.674. The van der Waals surface area contributed by atoms with Gasteiger partial charge in [-0.15, -0.1) is 10.2 Å². The standard InChI is InChI=1S/C7H7N5O2/c1-14-2-4-10-5-6(12-11-4)8-3-9-7(5)13/h3H,2H2,1H3,(H,8,9,12,13). The summed E-state index contributed by atoms with van der Waals surface area (Å²) >= 11 is 0. The number of rotatable bonds is 2. The summed E-state index contributed by atoms with van der Waals surface area (Å²) in [4.78, 5) is 21.4. The van der Waals surface area contributed by atoms with Crippen molar-refractivity contribution < 1.29 is 4.74 Å². The lowest BCUT2D eigenvalue weighted by Gasteiger charge is -1.97. The number of aromatic nitrogens is 5. The molecule has 0 aliphatic heterocycles. The van der Waals surface area contributed by atoms with E-state index in [0.717, 1.165) is 0 Å². The van der Waals surface area contributed by atoms with Gasteiger partial charge in [-0.1, -0.05) is 0 Å². The molecule has 0 spiro atoms. The number of hydrogen-bond donors (Lipinski definition) is 1. The third-order valence-electron chi connectivity index (χ3n) is 1.58. The molecule has 0 amide bonds. The molecule has 0 atom stereocenters. The third kappa shape index (κ3) is 1.44. The van der Waals surface area contributed by atoms with E-state index in [2.05, 4.69) is 25.1 Å². The highest BCUT2D eigenvalue weighted by atomic mass is 16.5. The Morgan fingerprint density at radius 1 is 1.50 bits per heavy atom. The molecule has 1 N–H and O–H groups in total. The van der Waals surface area contributed by atoms with E-state index in [4.69, 9.17) is 4.74 Å². The molecule has 0 fully saturated rings. The minimum absolute atomic E-state index is 0.176. The van der Waals surface area contributed by atoms with E-state index < -0.39 is 0 Å².